The second kappa shape index (κ2) is 9.10. The standard InChI is InChI=1S/C20H21ClN4O5S2/c1-11(2)24(12(3)4)32(29,30)14-6-7-16-18(10-14)31-20(22-16)23-19(26)15-9-13(21)5-8-17(15)25(27)28/h5-12H,1-4H3,(H,22,23,26). The number of nitrogens with one attached hydrogen (secondary N) is 1. The van der Waals surface area contributed by atoms with E-state index in [1.54, 1.807) is 6.07 Å². The first-order valence-corrected chi connectivity index (χ1v) is 12.2. The highest BCUT2D eigenvalue weighted by molar-refractivity contribution is 7.89. The van der Waals surface area contributed by atoms with Crippen molar-refractivity contribution < 1.29 is 18.1 Å². The van der Waals surface area contributed by atoms with Gasteiger partial charge in [-0.1, -0.05) is 22.9 Å². The highest BCUT2D eigenvalue weighted by Crippen LogP contribution is 2.31. The van der Waals surface area contributed by atoms with Gasteiger partial charge in [0.1, 0.15) is 5.56 Å². The summed E-state index contributed by atoms with van der Waals surface area (Å²) in [6.07, 6.45) is 0. The van der Waals surface area contributed by atoms with Crippen LogP contribution in [0.4, 0.5) is 10.8 Å². The Morgan fingerprint density at radius 1 is 1.16 bits per heavy atom. The van der Waals surface area contributed by atoms with Crippen molar-refractivity contribution in [1.29, 1.82) is 0 Å². The van der Waals surface area contributed by atoms with Gasteiger partial charge in [-0.05, 0) is 58.0 Å². The van der Waals surface area contributed by atoms with Gasteiger partial charge in [0.05, 0.1) is 20.0 Å². The number of benzene rings is 2. The molecule has 0 saturated heterocycles. The van der Waals surface area contributed by atoms with Crippen LogP contribution >= 0.6 is 22.9 Å². The third kappa shape index (κ3) is 4.75. The molecule has 0 spiro atoms. The second-order valence-electron chi connectivity index (χ2n) is 7.54. The molecule has 3 aromatic rings. The van der Waals surface area contributed by atoms with Gasteiger partial charge in [0.25, 0.3) is 11.6 Å². The monoisotopic (exact) mass is 496 g/mol. The van der Waals surface area contributed by atoms with Crippen LogP contribution in [-0.2, 0) is 10.0 Å². The van der Waals surface area contributed by atoms with Crippen molar-refractivity contribution in [3.8, 4) is 0 Å². The first-order chi connectivity index (χ1) is 14.9. The summed E-state index contributed by atoms with van der Waals surface area (Å²) in [5.41, 5.74) is -0.0936. The lowest BCUT2D eigenvalue weighted by Crippen LogP contribution is -2.41. The van der Waals surface area contributed by atoms with Crippen LogP contribution in [0, 0.1) is 10.1 Å². The van der Waals surface area contributed by atoms with E-state index in [4.69, 9.17) is 11.6 Å². The van der Waals surface area contributed by atoms with Crippen LogP contribution in [-0.4, -0.2) is 40.6 Å². The number of sulfonamides is 1. The van der Waals surface area contributed by atoms with Crippen molar-refractivity contribution in [1.82, 2.24) is 9.29 Å². The van der Waals surface area contributed by atoms with E-state index in [1.807, 2.05) is 27.7 Å². The molecule has 32 heavy (non-hydrogen) atoms. The highest BCUT2D eigenvalue weighted by Gasteiger charge is 2.30. The van der Waals surface area contributed by atoms with E-state index < -0.39 is 20.9 Å². The van der Waals surface area contributed by atoms with E-state index in [9.17, 15) is 23.3 Å². The number of amides is 1. The van der Waals surface area contributed by atoms with Gasteiger partial charge in [-0.25, -0.2) is 13.4 Å². The molecule has 170 valence electrons. The molecule has 3 rings (SSSR count). The SMILES string of the molecule is CC(C)N(C(C)C)S(=O)(=O)c1ccc2nc(NC(=O)c3cc(Cl)ccc3[N+](=O)[O-])sc2c1. The van der Waals surface area contributed by atoms with Crippen LogP contribution in [0.1, 0.15) is 38.1 Å². The van der Waals surface area contributed by atoms with Gasteiger partial charge in [0.15, 0.2) is 5.13 Å². The number of carbonyl (C=O) groups is 1. The average molecular weight is 497 g/mol. The molecule has 0 unspecified atom stereocenters. The maximum Gasteiger partial charge on any atom is 0.282 e. The summed E-state index contributed by atoms with van der Waals surface area (Å²) >= 11 is 6.95. The number of rotatable bonds is 7. The minimum Gasteiger partial charge on any atom is -0.298 e. The van der Waals surface area contributed by atoms with Crippen LogP contribution < -0.4 is 5.32 Å². The fourth-order valence-corrected chi connectivity index (χ4v) is 6.41. The summed E-state index contributed by atoms with van der Waals surface area (Å²) in [4.78, 5) is 27.6. The molecule has 2 aromatic carbocycles. The third-order valence-electron chi connectivity index (χ3n) is 4.57. The number of anilines is 1. The first-order valence-electron chi connectivity index (χ1n) is 9.61. The highest BCUT2D eigenvalue weighted by atomic mass is 35.5. The van der Waals surface area contributed by atoms with Crippen LogP contribution in [0.2, 0.25) is 5.02 Å². The van der Waals surface area contributed by atoms with E-state index in [0.29, 0.717) is 10.2 Å². The lowest BCUT2D eigenvalue weighted by atomic mass is 10.1. The van der Waals surface area contributed by atoms with E-state index in [-0.39, 0.29) is 38.4 Å². The molecule has 1 N–H and O–H groups in total. The Balaban J connectivity index is 1.95. The number of thiazole rings is 1. The van der Waals surface area contributed by atoms with E-state index in [1.165, 1.54) is 28.6 Å². The number of fused-ring (bicyclic) bond motifs is 1. The number of aromatic nitrogens is 1. The van der Waals surface area contributed by atoms with Gasteiger partial charge < -0.3 is 0 Å². The number of nitro benzene ring substituents is 1. The number of nitrogens with zero attached hydrogens (tertiary/aromatic N) is 3. The van der Waals surface area contributed by atoms with Crippen molar-refractivity contribution in [2.24, 2.45) is 0 Å². The molecule has 0 aliphatic carbocycles. The number of halogens is 1. The normalized spacial score (nSPS) is 12.1. The fraction of sp³-hybridized carbons (Fsp3) is 0.300. The molecular formula is C20H21ClN4O5S2. The van der Waals surface area contributed by atoms with Crippen LogP contribution in [0.5, 0.6) is 0 Å². The number of carbonyl (C=O) groups excluding carboxylic acids is 1. The summed E-state index contributed by atoms with van der Waals surface area (Å²) < 4.78 is 28.2. The largest absolute Gasteiger partial charge is 0.298 e. The maximum atomic E-state index is 13.1. The van der Waals surface area contributed by atoms with Crippen LogP contribution in [0.15, 0.2) is 41.3 Å². The summed E-state index contributed by atoms with van der Waals surface area (Å²) in [7, 11) is -3.73. The molecule has 1 amide bonds. The molecule has 12 heteroatoms. The molecule has 0 radical (unpaired) electrons. The zero-order valence-corrected chi connectivity index (χ0v) is 20.1. The van der Waals surface area contributed by atoms with Gasteiger partial charge in [0.2, 0.25) is 10.0 Å². The Kier molecular flexibility index (Phi) is 6.84. The van der Waals surface area contributed by atoms with Crippen LogP contribution in [0.3, 0.4) is 0 Å². The Hall–Kier alpha value is -2.60. The van der Waals surface area contributed by atoms with Crippen molar-refractivity contribution >= 4 is 59.9 Å². The Labute approximate surface area is 194 Å². The van der Waals surface area contributed by atoms with Gasteiger partial charge >= 0.3 is 0 Å². The van der Waals surface area contributed by atoms with Crippen molar-refractivity contribution in [2.75, 3.05) is 5.32 Å². The average Bonchev–Trinajstić information content (AvgIpc) is 3.08. The van der Waals surface area contributed by atoms with Crippen molar-refractivity contribution in [3.05, 3.63) is 57.1 Å². The van der Waals surface area contributed by atoms with Gasteiger partial charge in [-0.15, -0.1) is 0 Å². The van der Waals surface area contributed by atoms with E-state index in [0.717, 1.165) is 17.4 Å². The van der Waals surface area contributed by atoms with Gasteiger partial charge in [-0.3, -0.25) is 20.2 Å². The Morgan fingerprint density at radius 2 is 1.81 bits per heavy atom. The maximum absolute atomic E-state index is 13.1. The Morgan fingerprint density at radius 3 is 2.41 bits per heavy atom. The summed E-state index contributed by atoms with van der Waals surface area (Å²) in [5.74, 6) is -0.739. The summed E-state index contributed by atoms with van der Waals surface area (Å²) in [6, 6.07) is 7.80. The predicted octanol–water partition coefficient (Wildman–Crippen LogP) is 4.92. The fourth-order valence-electron chi connectivity index (χ4n) is 3.41. The van der Waals surface area contributed by atoms with Gasteiger partial charge in [-0.2, -0.15) is 4.31 Å². The summed E-state index contributed by atoms with van der Waals surface area (Å²) in [5, 5.41) is 14.1. The molecule has 0 bridgehead atoms. The van der Waals surface area contributed by atoms with Crippen molar-refractivity contribution in [2.45, 2.75) is 44.7 Å². The second-order valence-corrected chi connectivity index (χ2v) is 10.9. The molecule has 0 saturated carbocycles. The summed E-state index contributed by atoms with van der Waals surface area (Å²) in [6.45, 7) is 7.24. The topological polar surface area (TPSA) is 123 Å². The molecule has 0 fully saturated rings. The molecule has 0 aliphatic heterocycles. The Bertz CT molecular complexity index is 1300. The molecule has 0 atom stereocenters. The molecule has 1 aromatic heterocycles. The molecule has 1 heterocycles. The van der Waals surface area contributed by atoms with E-state index in [2.05, 4.69) is 10.3 Å². The minimum absolute atomic E-state index is 0.124. The van der Waals surface area contributed by atoms with E-state index >= 15 is 0 Å². The predicted molar refractivity (Wildman–Crippen MR) is 125 cm³/mol. The first kappa shape index (κ1) is 24.1. The quantitative estimate of drug-likeness (QED) is 0.366. The van der Waals surface area contributed by atoms with Crippen molar-refractivity contribution in [3.63, 3.8) is 0 Å². The molecular weight excluding hydrogens is 476 g/mol. The number of hydrogen-bond acceptors (Lipinski definition) is 7. The number of nitro groups is 1. The lowest BCUT2D eigenvalue weighted by molar-refractivity contribution is -0.385. The third-order valence-corrected chi connectivity index (χ3v) is 7.99. The smallest absolute Gasteiger partial charge is 0.282 e. The minimum atomic E-state index is -3.73. The molecule has 9 nitrogen and oxygen atoms in total. The zero-order valence-electron chi connectivity index (χ0n) is 17.7. The van der Waals surface area contributed by atoms with Crippen LogP contribution in [0.25, 0.3) is 10.2 Å². The zero-order chi connectivity index (χ0) is 23.8. The lowest BCUT2D eigenvalue weighted by Gasteiger charge is -2.29. The molecule has 0 aliphatic rings. The van der Waals surface area contributed by atoms with Gasteiger partial charge in [0, 0.05) is 23.2 Å². The number of hydrogen-bond donors (Lipinski definition) is 1.